The molecular weight excluding hydrogens is 238 g/mol. The van der Waals surface area contributed by atoms with Crippen molar-refractivity contribution in [1.29, 1.82) is 0 Å². The maximum atomic E-state index is 3.96. The van der Waals surface area contributed by atoms with Crippen molar-refractivity contribution in [3.8, 4) is 5.69 Å². The summed E-state index contributed by atoms with van der Waals surface area (Å²) in [6.45, 7) is 4.60. The van der Waals surface area contributed by atoms with E-state index < -0.39 is 0 Å². The number of tetrazole rings is 1. The van der Waals surface area contributed by atoms with Gasteiger partial charge in [0.05, 0.1) is 11.4 Å². The lowest BCUT2D eigenvalue weighted by Crippen LogP contribution is -2.38. The fourth-order valence-corrected chi connectivity index (χ4v) is 2.61. The summed E-state index contributed by atoms with van der Waals surface area (Å²) in [5, 5.41) is 14.9. The van der Waals surface area contributed by atoms with Crippen LogP contribution in [0.25, 0.3) is 5.69 Å². The van der Waals surface area contributed by atoms with E-state index in [0.717, 1.165) is 23.2 Å². The summed E-state index contributed by atoms with van der Waals surface area (Å²) in [6.07, 6.45) is 4.13. The third kappa shape index (κ3) is 2.45. The highest BCUT2D eigenvalue weighted by Gasteiger charge is 2.31. The van der Waals surface area contributed by atoms with E-state index in [1.54, 1.807) is 11.0 Å². The van der Waals surface area contributed by atoms with E-state index in [0.29, 0.717) is 6.04 Å². The van der Waals surface area contributed by atoms with Crippen LogP contribution in [0.3, 0.4) is 0 Å². The van der Waals surface area contributed by atoms with Crippen molar-refractivity contribution in [2.75, 3.05) is 5.32 Å². The molecule has 0 aliphatic heterocycles. The van der Waals surface area contributed by atoms with E-state index in [4.69, 9.17) is 0 Å². The van der Waals surface area contributed by atoms with Crippen LogP contribution in [0.5, 0.6) is 0 Å². The summed E-state index contributed by atoms with van der Waals surface area (Å²) in [5.74, 6) is 1.64. The third-order valence-corrected chi connectivity index (χ3v) is 3.98. The predicted octanol–water partition coefficient (Wildman–Crippen LogP) is 2.51. The molecule has 2 aromatic rings. The first kappa shape index (κ1) is 12.1. The lowest BCUT2D eigenvalue weighted by molar-refractivity contribution is 0.212. The molecule has 0 bridgehead atoms. The Balaban J connectivity index is 1.72. The Morgan fingerprint density at radius 3 is 2.74 bits per heavy atom. The number of nitrogens with one attached hydrogen (secondary N) is 1. The molecule has 5 heteroatoms. The number of hydrogen-bond acceptors (Lipinski definition) is 4. The highest BCUT2D eigenvalue weighted by Crippen LogP contribution is 2.36. The van der Waals surface area contributed by atoms with Crippen LogP contribution in [0.4, 0.5) is 5.69 Å². The predicted molar refractivity (Wildman–Crippen MR) is 74.1 cm³/mol. The molecule has 0 spiro atoms. The molecular formula is C14H19N5. The minimum Gasteiger partial charge on any atom is -0.381 e. The summed E-state index contributed by atoms with van der Waals surface area (Å²) in [7, 11) is 0. The zero-order valence-electron chi connectivity index (χ0n) is 11.3. The number of nitrogens with zero attached hydrogens (tertiary/aromatic N) is 4. The molecule has 0 atom stereocenters. The van der Waals surface area contributed by atoms with E-state index in [1.807, 2.05) is 18.2 Å². The Morgan fingerprint density at radius 2 is 2.05 bits per heavy atom. The maximum absolute atomic E-state index is 3.96. The van der Waals surface area contributed by atoms with Gasteiger partial charge in [0.15, 0.2) is 0 Å². The average molecular weight is 257 g/mol. The van der Waals surface area contributed by atoms with E-state index in [1.165, 1.54) is 12.8 Å². The Kier molecular flexibility index (Phi) is 3.19. The van der Waals surface area contributed by atoms with Gasteiger partial charge in [-0.05, 0) is 47.2 Å². The molecule has 1 N–H and O–H groups in total. The van der Waals surface area contributed by atoms with Gasteiger partial charge in [0.1, 0.15) is 6.33 Å². The van der Waals surface area contributed by atoms with Crippen LogP contribution < -0.4 is 5.32 Å². The molecule has 0 saturated heterocycles. The number of para-hydroxylation sites is 2. The zero-order chi connectivity index (χ0) is 13.2. The van der Waals surface area contributed by atoms with E-state index in [9.17, 15) is 0 Å². The monoisotopic (exact) mass is 257 g/mol. The molecule has 0 amide bonds. The van der Waals surface area contributed by atoms with E-state index in [-0.39, 0.29) is 0 Å². The Bertz CT molecular complexity index is 529. The van der Waals surface area contributed by atoms with Crippen molar-refractivity contribution in [2.45, 2.75) is 32.7 Å². The number of anilines is 1. The summed E-state index contributed by atoms with van der Waals surface area (Å²) < 4.78 is 1.70. The van der Waals surface area contributed by atoms with Gasteiger partial charge in [-0.3, -0.25) is 0 Å². The van der Waals surface area contributed by atoms with Gasteiger partial charge in [-0.2, -0.15) is 4.68 Å². The van der Waals surface area contributed by atoms with Gasteiger partial charge in [0, 0.05) is 6.04 Å². The van der Waals surface area contributed by atoms with Gasteiger partial charge in [-0.15, -0.1) is 5.10 Å². The van der Waals surface area contributed by atoms with Gasteiger partial charge < -0.3 is 5.32 Å². The highest BCUT2D eigenvalue weighted by atomic mass is 15.5. The third-order valence-electron chi connectivity index (χ3n) is 3.98. The molecule has 100 valence electrons. The minimum atomic E-state index is 0.574. The van der Waals surface area contributed by atoms with Crippen LogP contribution in [0.2, 0.25) is 0 Å². The first-order chi connectivity index (χ1) is 9.24. The number of benzene rings is 1. The van der Waals surface area contributed by atoms with Gasteiger partial charge >= 0.3 is 0 Å². The van der Waals surface area contributed by atoms with Crippen molar-refractivity contribution >= 4 is 5.69 Å². The topological polar surface area (TPSA) is 55.6 Å². The lowest BCUT2D eigenvalue weighted by atomic mass is 9.73. The van der Waals surface area contributed by atoms with Gasteiger partial charge in [0.2, 0.25) is 0 Å². The van der Waals surface area contributed by atoms with Crippen molar-refractivity contribution in [1.82, 2.24) is 20.2 Å². The largest absolute Gasteiger partial charge is 0.381 e. The summed E-state index contributed by atoms with van der Waals surface area (Å²) in [6, 6.07) is 8.72. The smallest absolute Gasteiger partial charge is 0.143 e. The van der Waals surface area contributed by atoms with Crippen molar-refractivity contribution in [3.05, 3.63) is 30.6 Å². The Hall–Kier alpha value is -1.91. The Labute approximate surface area is 113 Å². The van der Waals surface area contributed by atoms with Crippen molar-refractivity contribution in [3.63, 3.8) is 0 Å². The van der Waals surface area contributed by atoms with Crippen LogP contribution in [-0.2, 0) is 0 Å². The number of aromatic nitrogens is 4. The molecule has 5 nitrogen and oxygen atoms in total. The SMILES string of the molecule is CC(C)C1CC(Nc2ccccc2-n2cnnn2)C1. The lowest BCUT2D eigenvalue weighted by Gasteiger charge is -2.39. The quantitative estimate of drug-likeness (QED) is 0.914. The molecule has 0 radical (unpaired) electrons. The summed E-state index contributed by atoms with van der Waals surface area (Å²) in [4.78, 5) is 0. The van der Waals surface area contributed by atoms with Crippen LogP contribution in [0, 0.1) is 11.8 Å². The molecule has 1 aromatic heterocycles. The maximum Gasteiger partial charge on any atom is 0.143 e. The molecule has 1 heterocycles. The first-order valence-corrected chi connectivity index (χ1v) is 6.83. The second-order valence-electron chi connectivity index (χ2n) is 5.59. The molecule has 1 saturated carbocycles. The molecule has 1 aliphatic rings. The van der Waals surface area contributed by atoms with Crippen molar-refractivity contribution in [2.24, 2.45) is 11.8 Å². The fourth-order valence-electron chi connectivity index (χ4n) is 2.61. The first-order valence-electron chi connectivity index (χ1n) is 6.83. The van der Waals surface area contributed by atoms with Crippen LogP contribution >= 0.6 is 0 Å². The van der Waals surface area contributed by atoms with Crippen LogP contribution in [0.15, 0.2) is 30.6 Å². The van der Waals surface area contributed by atoms with Crippen molar-refractivity contribution < 1.29 is 0 Å². The molecule has 19 heavy (non-hydrogen) atoms. The summed E-state index contributed by atoms with van der Waals surface area (Å²) in [5.41, 5.74) is 2.10. The van der Waals surface area contributed by atoms with Crippen LogP contribution in [0.1, 0.15) is 26.7 Å². The van der Waals surface area contributed by atoms with E-state index >= 15 is 0 Å². The number of rotatable bonds is 4. The Morgan fingerprint density at radius 1 is 1.26 bits per heavy atom. The average Bonchev–Trinajstić information content (AvgIpc) is 2.87. The van der Waals surface area contributed by atoms with Gasteiger partial charge in [-0.1, -0.05) is 26.0 Å². The standard InChI is InChI=1S/C14H19N5/c1-10(2)11-7-12(8-11)16-13-5-3-4-6-14(13)19-9-15-17-18-19/h3-6,9-12,16H,7-8H2,1-2H3. The number of hydrogen-bond donors (Lipinski definition) is 1. The molecule has 1 aromatic carbocycles. The second-order valence-corrected chi connectivity index (χ2v) is 5.59. The molecule has 0 unspecified atom stereocenters. The van der Waals surface area contributed by atoms with Gasteiger partial charge in [0.25, 0.3) is 0 Å². The van der Waals surface area contributed by atoms with Gasteiger partial charge in [-0.25, -0.2) is 0 Å². The summed E-state index contributed by atoms with van der Waals surface area (Å²) >= 11 is 0. The van der Waals surface area contributed by atoms with Crippen LogP contribution in [-0.4, -0.2) is 26.2 Å². The fraction of sp³-hybridized carbons (Fsp3) is 0.500. The molecule has 1 fully saturated rings. The molecule has 3 rings (SSSR count). The zero-order valence-corrected chi connectivity index (χ0v) is 11.3. The second kappa shape index (κ2) is 4.99. The normalized spacial score (nSPS) is 22.3. The molecule has 1 aliphatic carbocycles. The highest BCUT2D eigenvalue weighted by molar-refractivity contribution is 5.61. The van der Waals surface area contributed by atoms with E-state index in [2.05, 4.69) is 40.8 Å². The minimum absolute atomic E-state index is 0.574.